The third-order valence-electron chi connectivity index (χ3n) is 2.03. The second kappa shape index (κ2) is 7.11. The highest BCUT2D eigenvalue weighted by molar-refractivity contribution is 7.83. The Morgan fingerprint density at radius 2 is 1.79 bits per heavy atom. The molecule has 5 atom stereocenters. The van der Waals surface area contributed by atoms with E-state index in [1.807, 2.05) is 0 Å². The molecule has 1 aliphatic rings. The highest BCUT2D eigenvalue weighted by Gasteiger charge is 2.37. The van der Waals surface area contributed by atoms with Crippen molar-refractivity contribution in [1.82, 2.24) is 4.72 Å². The van der Waals surface area contributed by atoms with E-state index in [2.05, 4.69) is 8.37 Å². The summed E-state index contributed by atoms with van der Waals surface area (Å²) in [5.74, 6) is 0. The quantitative estimate of drug-likeness (QED) is 0.318. The van der Waals surface area contributed by atoms with Crippen LogP contribution in [-0.2, 0) is 46.1 Å². The van der Waals surface area contributed by atoms with Crippen molar-refractivity contribution >= 4 is 33.0 Å². The van der Waals surface area contributed by atoms with E-state index < -0.39 is 58.1 Å². The monoisotopic (exact) mass is 341 g/mol. The summed E-state index contributed by atoms with van der Waals surface area (Å²) in [6.07, 6.45) is -2.72. The number of rotatable bonds is 6. The Balaban J connectivity index is 2.71. The van der Waals surface area contributed by atoms with Gasteiger partial charge in [0.25, 0.3) is 0 Å². The topological polar surface area (TPSA) is 169 Å². The van der Waals surface area contributed by atoms with Gasteiger partial charge in [0.1, 0.15) is 6.10 Å². The van der Waals surface area contributed by atoms with Gasteiger partial charge in [0.2, 0.25) is 0 Å². The molecule has 19 heavy (non-hydrogen) atoms. The Bertz CT molecular complexity index is 450. The Hall–Kier alpha value is -0.0300. The van der Waals surface area contributed by atoms with E-state index in [-0.39, 0.29) is 6.42 Å². The molecule has 0 radical (unpaired) electrons. The van der Waals surface area contributed by atoms with Crippen molar-refractivity contribution < 1.29 is 43.6 Å². The highest BCUT2D eigenvalue weighted by Crippen LogP contribution is 2.20. The average Bonchev–Trinajstić information content (AvgIpc) is 2.18. The number of ether oxygens (including phenoxy) is 1. The molecule has 0 bridgehead atoms. The maximum absolute atomic E-state index is 10.7. The van der Waals surface area contributed by atoms with Crippen LogP contribution < -0.4 is 4.72 Å². The lowest BCUT2D eigenvalue weighted by Crippen LogP contribution is -2.53. The molecular formula is C5H11NO10S3. The van der Waals surface area contributed by atoms with Gasteiger partial charge in [-0.05, 0) is 0 Å². The molecule has 1 saturated heterocycles. The largest absolute Gasteiger partial charge is 0.350 e. The molecule has 114 valence electrons. The van der Waals surface area contributed by atoms with Crippen molar-refractivity contribution in [2.75, 3.05) is 6.61 Å². The predicted octanol–water partition coefficient (Wildman–Crippen LogP) is -1.83. The van der Waals surface area contributed by atoms with Gasteiger partial charge in [0, 0.05) is 6.42 Å². The normalized spacial score (nSPS) is 31.8. The van der Waals surface area contributed by atoms with Gasteiger partial charge in [0.05, 0.1) is 12.6 Å². The summed E-state index contributed by atoms with van der Waals surface area (Å²) < 4.78 is 83.5. The second-order valence-corrected chi connectivity index (χ2v) is 5.80. The first-order valence-electron chi connectivity index (χ1n) is 4.59. The lowest BCUT2D eigenvalue weighted by Gasteiger charge is -2.33. The molecule has 1 rings (SSSR count). The van der Waals surface area contributed by atoms with Gasteiger partial charge in [-0.1, -0.05) is 0 Å². The van der Waals surface area contributed by atoms with Gasteiger partial charge in [-0.3, -0.25) is 17.8 Å². The SMILES string of the molecule is O=S(O)OC1CC(OS(=O)O)C(NS(=O)(=O)O)CO1. The maximum atomic E-state index is 10.7. The van der Waals surface area contributed by atoms with Crippen molar-refractivity contribution in [3.05, 3.63) is 0 Å². The fourth-order valence-corrected chi connectivity index (χ4v) is 2.76. The summed E-state index contributed by atoms with van der Waals surface area (Å²) in [7, 11) is -4.57. The van der Waals surface area contributed by atoms with Crippen LogP contribution in [0.1, 0.15) is 6.42 Å². The second-order valence-electron chi connectivity index (χ2n) is 3.36. The van der Waals surface area contributed by atoms with Crippen LogP contribution in [0.4, 0.5) is 0 Å². The summed E-state index contributed by atoms with van der Waals surface area (Å²) in [4.78, 5) is 0. The van der Waals surface area contributed by atoms with E-state index in [1.54, 1.807) is 4.72 Å². The van der Waals surface area contributed by atoms with Crippen LogP contribution in [0.15, 0.2) is 0 Å². The number of hydrogen-bond acceptors (Lipinski definition) is 7. The molecule has 0 aromatic heterocycles. The first-order valence-corrected chi connectivity index (χ1v) is 8.10. The maximum Gasteiger partial charge on any atom is 0.333 e. The molecule has 0 aliphatic carbocycles. The smallest absolute Gasteiger partial charge is 0.333 e. The van der Waals surface area contributed by atoms with Crippen LogP contribution in [0.2, 0.25) is 0 Å². The van der Waals surface area contributed by atoms with E-state index in [0.29, 0.717) is 0 Å². The average molecular weight is 341 g/mol. The number of hydrogen-bond donors (Lipinski definition) is 4. The molecule has 0 aromatic carbocycles. The van der Waals surface area contributed by atoms with Crippen LogP contribution in [0.5, 0.6) is 0 Å². The molecule has 0 aromatic rings. The van der Waals surface area contributed by atoms with E-state index >= 15 is 0 Å². The zero-order chi connectivity index (χ0) is 14.6. The standard InChI is InChI=1S/C5H11NO10S3/c7-17(8)15-4-1-5(16-18(9)10)14-2-3(4)6-19(11,12)13/h3-6H,1-2H2,(H,7,8)(H,9,10)(H,11,12,13). The molecule has 4 N–H and O–H groups in total. The van der Waals surface area contributed by atoms with E-state index in [9.17, 15) is 16.8 Å². The lowest BCUT2D eigenvalue weighted by atomic mass is 10.1. The molecule has 1 fully saturated rings. The molecule has 0 saturated carbocycles. The van der Waals surface area contributed by atoms with Gasteiger partial charge < -0.3 is 4.74 Å². The summed E-state index contributed by atoms with van der Waals surface area (Å²) in [6.45, 7) is -0.399. The zero-order valence-corrected chi connectivity index (χ0v) is 11.5. The Kier molecular flexibility index (Phi) is 6.37. The van der Waals surface area contributed by atoms with Crippen LogP contribution in [-0.4, -0.2) is 55.5 Å². The summed E-state index contributed by atoms with van der Waals surface area (Å²) in [5.41, 5.74) is 0. The van der Waals surface area contributed by atoms with E-state index in [0.717, 1.165) is 0 Å². The van der Waals surface area contributed by atoms with Crippen molar-refractivity contribution in [2.24, 2.45) is 0 Å². The van der Waals surface area contributed by atoms with Gasteiger partial charge in [0.15, 0.2) is 6.29 Å². The fourth-order valence-electron chi connectivity index (χ4n) is 1.41. The molecule has 0 spiro atoms. The lowest BCUT2D eigenvalue weighted by molar-refractivity contribution is -0.139. The predicted molar refractivity (Wildman–Crippen MR) is 60.3 cm³/mol. The summed E-state index contributed by atoms with van der Waals surface area (Å²) >= 11 is -5.33. The van der Waals surface area contributed by atoms with Gasteiger partial charge in [-0.25, -0.2) is 4.18 Å². The third kappa shape index (κ3) is 6.80. The minimum atomic E-state index is -4.57. The molecule has 11 nitrogen and oxygen atoms in total. The van der Waals surface area contributed by atoms with Crippen molar-refractivity contribution in [2.45, 2.75) is 24.9 Å². The fraction of sp³-hybridized carbons (Fsp3) is 1.00. The van der Waals surface area contributed by atoms with Crippen LogP contribution >= 0.6 is 0 Å². The Morgan fingerprint density at radius 1 is 1.21 bits per heavy atom. The van der Waals surface area contributed by atoms with Crippen molar-refractivity contribution in [3.63, 3.8) is 0 Å². The van der Waals surface area contributed by atoms with E-state index in [1.165, 1.54) is 0 Å². The van der Waals surface area contributed by atoms with Crippen LogP contribution in [0.25, 0.3) is 0 Å². The van der Waals surface area contributed by atoms with E-state index in [4.69, 9.17) is 18.4 Å². The molecule has 14 heteroatoms. The first-order chi connectivity index (χ1) is 8.67. The van der Waals surface area contributed by atoms with Gasteiger partial charge in [-0.2, -0.15) is 21.6 Å². The molecule has 1 heterocycles. The molecule has 5 unspecified atom stereocenters. The van der Waals surface area contributed by atoms with Gasteiger partial charge in [-0.15, -0.1) is 0 Å². The van der Waals surface area contributed by atoms with Crippen LogP contribution in [0.3, 0.4) is 0 Å². The molecule has 0 amide bonds. The molecule has 1 aliphatic heterocycles. The minimum absolute atomic E-state index is 0.300. The summed E-state index contributed by atoms with van der Waals surface area (Å²) in [6, 6.07) is -1.15. The van der Waals surface area contributed by atoms with Crippen LogP contribution in [0, 0.1) is 0 Å². The molecular weight excluding hydrogens is 330 g/mol. The minimum Gasteiger partial charge on any atom is -0.350 e. The zero-order valence-electron chi connectivity index (χ0n) is 9.07. The Labute approximate surface area is 113 Å². The first kappa shape index (κ1) is 17.0. The van der Waals surface area contributed by atoms with Gasteiger partial charge >= 0.3 is 33.0 Å². The highest BCUT2D eigenvalue weighted by atomic mass is 32.2. The van der Waals surface area contributed by atoms with Crippen molar-refractivity contribution in [3.8, 4) is 0 Å². The Morgan fingerprint density at radius 3 is 2.26 bits per heavy atom. The number of nitrogens with one attached hydrogen (secondary N) is 1. The third-order valence-corrected chi connectivity index (χ3v) is 3.42. The summed E-state index contributed by atoms with van der Waals surface area (Å²) in [5, 5.41) is 0. The van der Waals surface area contributed by atoms with Crippen molar-refractivity contribution in [1.29, 1.82) is 0 Å².